The van der Waals surface area contributed by atoms with Crippen LogP contribution < -0.4 is 5.73 Å². The number of carbonyl (C=O) groups is 1. The molecule has 1 aromatic rings. The van der Waals surface area contributed by atoms with Gasteiger partial charge in [-0.05, 0) is 25.8 Å². The van der Waals surface area contributed by atoms with Gasteiger partial charge in [0.1, 0.15) is 11.4 Å². The van der Waals surface area contributed by atoms with Gasteiger partial charge in [0.25, 0.3) is 5.91 Å². The zero-order valence-corrected chi connectivity index (χ0v) is 13.4. The number of aryl methyl sites for hydroxylation is 1. The number of amides is 1. The number of ether oxygens (including phenoxy) is 1. The average molecular weight is 307 g/mol. The maximum atomic E-state index is 12.8. The summed E-state index contributed by atoms with van der Waals surface area (Å²) < 4.78 is 7.35. The van der Waals surface area contributed by atoms with Crippen LogP contribution in [0, 0.1) is 5.92 Å². The molecule has 1 aromatic heterocycles. The Morgan fingerprint density at radius 2 is 2.23 bits per heavy atom. The quantitative estimate of drug-likeness (QED) is 0.840. The lowest BCUT2D eigenvalue weighted by atomic mass is 10.2. The Hall–Kier alpha value is -1.60. The van der Waals surface area contributed by atoms with E-state index in [1.165, 1.54) is 17.5 Å². The number of morpholine rings is 1. The number of hydrogen-bond donors (Lipinski definition) is 1. The molecule has 0 bridgehead atoms. The number of nitrogens with zero attached hydrogens (tertiary/aromatic N) is 4. The molecule has 0 radical (unpaired) electrons. The number of aromatic nitrogens is 2. The summed E-state index contributed by atoms with van der Waals surface area (Å²) >= 11 is 0. The van der Waals surface area contributed by atoms with Gasteiger partial charge >= 0.3 is 0 Å². The van der Waals surface area contributed by atoms with Gasteiger partial charge in [-0.15, -0.1) is 0 Å². The van der Waals surface area contributed by atoms with Crippen LogP contribution in [0.15, 0.2) is 6.20 Å². The highest BCUT2D eigenvalue weighted by molar-refractivity contribution is 5.98. The number of carbonyl (C=O) groups excluding carboxylic acids is 1. The van der Waals surface area contributed by atoms with Crippen LogP contribution >= 0.6 is 0 Å². The Bertz CT molecular complexity index is 540. The number of likely N-dealkylation sites (N-methyl/N-ethyl adjacent to an activating group) is 1. The van der Waals surface area contributed by atoms with Gasteiger partial charge in [-0.3, -0.25) is 9.48 Å². The van der Waals surface area contributed by atoms with E-state index < -0.39 is 0 Å². The van der Waals surface area contributed by atoms with Gasteiger partial charge in [0.05, 0.1) is 18.9 Å². The van der Waals surface area contributed by atoms with E-state index in [9.17, 15) is 4.79 Å². The maximum Gasteiger partial charge on any atom is 0.259 e. The van der Waals surface area contributed by atoms with Gasteiger partial charge in [0.15, 0.2) is 0 Å². The van der Waals surface area contributed by atoms with Crippen molar-refractivity contribution in [2.24, 2.45) is 13.0 Å². The van der Waals surface area contributed by atoms with E-state index >= 15 is 0 Å². The number of hydrogen-bond acceptors (Lipinski definition) is 5. The predicted octanol–water partition coefficient (Wildman–Crippen LogP) is 0.185. The van der Waals surface area contributed by atoms with Crippen LogP contribution in [-0.4, -0.2) is 71.4 Å². The number of nitrogen functional groups attached to an aromatic ring is 1. The van der Waals surface area contributed by atoms with Gasteiger partial charge in [-0.2, -0.15) is 5.10 Å². The van der Waals surface area contributed by atoms with Crippen LogP contribution in [0.3, 0.4) is 0 Å². The van der Waals surface area contributed by atoms with Crippen molar-refractivity contribution in [1.82, 2.24) is 19.6 Å². The molecule has 1 saturated heterocycles. The standard InChI is InChI=1S/C15H25N5O2/c1-18-5-6-22-12(9-18)10-20(8-11-3-4-11)15(21)13-7-17-19(2)14(13)16/h7,11-12H,3-6,8-10,16H2,1-2H3/t12-/m0/s1. The molecule has 122 valence electrons. The Labute approximate surface area is 131 Å². The van der Waals surface area contributed by atoms with E-state index in [2.05, 4.69) is 17.0 Å². The molecule has 7 heteroatoms. The molecule has 0 spiro atoms. The lowest BCUT2D eigenvalue weighted by molar-refractivity contribution is -0.0331. The SMILES string of the molecule is CN1CCO[C@H](CN(CC2CC2)C(=O)c2cnn(C)c2N)C1. The van der Waals surface area contributed by atoms with Crippen molar-refractivity contribution in [1.29, 1.82) is 0 Å². The second kappa shape index (κ2) is 6.26. The molecule has 22 heavy (non-hydrogen) atoms. The van der Waals surface area contributed by atoms with Crippen LogP contribution in [0.4, 0.5) is 5.82 Å². The van der Waals surface area contributed by atoms with E-state index in [-0.39, 0.29) is 12.0 Å². The lowest BCUT2D eigenvalue weighted by Crippen LogP contribution is -2.48. The zero-order valence-electron chi connectivity index (χ0n) is 13.4. The summed E-state index contributed by atoms with van der Waals surface area (Å²) in [5.74, 6) is 1.02. The maximum absolute atomic E-state index is 12.8. The Morgan fingerprint density at radius 1 is 1.45 bits per heavy atom. The fourth-order valence-electron chi connectivity index (χ4n) is 2.86. The normalized spacial score (nSPS) is 22.7. The molecule has 2 heterocycles. The molecular formula is C15H25N5O2. The zero-order chi connectivity index (χ0) is 15.7. The molecule has 1 aliphatic carbocycles. The fourth-order valence-corrected chi connectivity index (χ4v) is 2.86. The van der Waals surface area contributed by atoms with Crippen molar-refractivity contribution in [3.8, 4) is 0 Å². The molecule has 0 unspecified atom stereocenters. The Balaban J connectivity index is 1.71. The van der Waals surface area contributed by atoms with Gasteiger partial charge in [0, 0.05) is 33.2 Å². The Morgan fingerprint density at radius 3 is 2.82 bits per heavy atom. The third-order valence-electron chi connectivity index (χ3n) is 4.44. The molecule has 2 fully saturated rings. The molecule has 1 saturated carbocycles. The second-order valence-electron chi connectivity index (χ2n) is 6.48. The number of anilines is 1. The van der Waals surface area contributed by atoms with Crippen LogP contribution in [0.1, 0.15) is 23.2 Å². The van der Waals surface area contributed by atoms with E-state index in [4.69, 9.17) is 10.5 Å². The third-order valence-corrected chi connectivity index (χ3v) is 4.44. The number of nitrogens with two attached hydrogens (primary N) is 1. The summed E-state index contributed by atoms with van der Waals surface area (Å²) in [6.45, 7) is 3.94. The molecule has 2 N–H and O–H groups in total. The largest absolute Gasteiger partial charge is 0.383 e. The minimum atomic E-state index is -0.0330. The number of rotatable bonds is 5. The van der Waals surface area contributed by atoms with Crippen LogP contribution in [0.25, 0.3) is 0 Å². The summed E-state index contributed by atoms with van der Waals surface area (Å²) in [7, 11) is 3.83. The highest BCUT2D eigenvalue weighted by atomic mass is 16.5. The molecular weight excluding hydrogens is 282 g/mol. The third kappa shape index (κ3) is 3.41. The van der Waals surface area contributed by atoms with Crippen molar-refractivity contribution in [3.63, 3.8) is 0 Å². The Kier molecular flexibility index (Phi) is 4.35. The fraction of sp³-hybridized carbons (Fsp3) is 0.733. The summed E-state index contributed by atoms with van der Waals surface area (Å²) in [6.07, 6.45) is 4.04. The summed E-state index contributed by atoms with van der Waals surface area (Å²) in [6, 6.07) is 0. The smallest absolute Gasteiger partial charge is 0.259 e. The van der Waals surface area contributed by atoms with Crippen molar-refractivity contribution in [2.45, 2.75) is 18.9 Å². The summed E-state index contributed by atoms with van der Waals surface area (Å²) in [5, 5.41) is 4.08. The molecule has 7 nitrogen and oxygen atoms in total. The van der Waals surface area contributed by atoms with E-state index in [0.29, 0.717) is 23.8 Å². The molecule has 1 amide bonds. The molecule has 1 aliphatic heterocycles. The predicted molar refractivity (Wildman–Crippen MR) is 83.5 cm³/mol. The first-order valence-corrected chi connectivity index (χ1v) is 7.91. The first-order valence-electron chi connectivity index (χ1n) is 7.91. The van der Waals surface area contributed by atoms with Gasteiger partial charge in [0.2, 0.25) is 0 Å². The first kappa shape index (κ1) is 15.3. The van der Waals surface area contributed by atoms with Crippen LogP contribution in [-0.2, 0) is 11.8 Å². The highest BCUT2D eigenvalue weighted by Gasteiger charge is 2.31. The lowest BCUT2D eigenvalue weighted by Gasteiger charge is -2.34. The van der Waals surface area contributed by atoms with Crippen molar-refractivity contribution in [2.75, 3.05) is 45.6 Å². The van der Waals surface area contributed by atoms with Gasteiger partial charge < -0.3 is 20.3 Å². The monoisotopic (exact) mass is 307 g/mol. The van der Waals surface area contributed by atoms with E-state index in [1.54, 1.807) is 13.2 Å². The topological polar surface area (TPSA) is 76.6 Å². The van der Waals surface area contributed by atoms with Gasteiger partial charge in [-0.25, -0.2) is 0 Å². The average Bonchev–Trinajstić information content (AvgIpc) is 3.24. The minimum absolute atomic E-state index is 0.0330. The summed E-state index contributed by atoms with van der Waals surface area (Å²) in [4.78, 5) is 17.0. The molecule has 0 aromatic carbocycles. The van der Waals surface area contributed by atoms with Crippen LogP contribution in [0.5, 0.6) is 0 Å². The molecule has 3 rings (SSSR count). The van der Waals surface area contributed by atoms with E-state index in [0.717, 1.165) is 26.2 Å². The highest BCUT2D eigenvalue weighted by Crippen LogP contribution is 2.30. The first-order chi connectivity index (χ1) is 10.5. The summed E-state index contributed by atoms with van der Waals surface area (Å²) in [5.41, 5.74) is 6.45. The minimum Gasteiger partial charge on any atom is -0.383 e. The van der Waals surface area contributed by atoms with Gasteiger partial charge in [-0.1, -0.05) is 0 Å². The van der Waals surface area contributed by atoms with Crippen molar-refractivity contribution < 1.29 is 9.53 Å². The second-order valence-corrected chi connectivity index (χ2v) is 6.48. The van der Waals surface area contributed by atoms with Crippen LogP contribution in [0.2, 0.25) is 0 Å². The molecule has 2 aliphatic rings. The van der Waals surface area contributed by atoms with Crippen molar-refractivity contribution >= 4 is 11.7 Å². The van der Waals surface area contributed by atoms with E-state index in [1.807, 2.05) is 4.90 Å². The van der Waals surface area contributed by atoms with Crippen molar-refractivity contribution in [3.05, 3.63) is 11.8 Å². The molecule has 1 atom stereocenters.